The molecule has 23 heavy (non-hydrogen) atoms. The predicted molar refractivity (Wildman–Crippen MR) is 93.7 cm³/mol. The minimum absolute atomic E-state index is 0.0339. The van der Waals surface area contributed by atoms with Crippen molar-refractivity contribution in [3.8, 4) is 0 Å². The van der Waals surface area contributed by atoms with E-state index < -0.39 is 9.84 Å². The topological polar surface area (TPSA) is 66.5 Å². The molecular weight excluding hydrogens is 336 g/mol. The molecule has 2 rings (SSSR count). The summed E-state index contributed by atoms with van der Waals surface area (Å²) in [4.78, 5) is 14.1. The minimum Gasteiger partial charge on any atom is -0.326 e. The maximum atomic E-state index is 12.1. The van der Waals surface area contributed by atoms with E-state index in [9.17, 15) is 13.2 Å². The van der Waals surface area contributed by atoms with Crippen LogP contribution in [-0.2, 0) is 14.6 Å². The average molecular weight is 359 g/mol. The van der Waals surface area contributed by atoms with Crippen molar-refractivity contribution < 1.29 is 13.2 Å². The van der Waals surface area contributed by atoms with Crippen LogP contribution in [0, 0.1) is 6.92 Å². The number of rotatable bonds is 6. The van der Waals surface area contributed by atoms with Gasteiger partial charge in [-0.25, -0.2) is 8.42 Å². The lowest BCUT2D eigenvalue weighted by Crippen LogP contribution is -2.38. The van der Waals surface area contributed by atoms with E-state index in [1.807, 2.05) is 26.0 Å². The Balaban J connectivity index is 1.86. The van der Waals surface area contributed by atoms with Gasteiger partial charge in [0.25, 0.3) is 0 Å². The van der Waals surface area contributed by atoms with E-state index in [4.69, 9.17) is 11.6 Å². The van der Waals surface area contributed by atoms with Crippen LogP contribution in [0.5, 0.6) is 0 Å². The fourth-order valence-electron chi connectivity index (χ4n) is 2.80. The summed E-state index contributed by atoms with van der Waals surface area (Å²) in [7, 11) is -2.90. The summed E-state index contributed by atoms with van der Waals surface area (Å²) in [5, 5.41) is 3.45. The average Bonchev–Trinajstić information content (AvgIpc) is 2.84. The van der Waals surface area contributed by atoms with Crippen molar-refractivity contribution in [2.45, 2.75) is 32.7 Å². The Labute approximate surface area is 142 Å². The second kappa shape index (κ2) is 7.64. The molecule has 128 valence electrons. The van der Waals surface area contributed by atoms with Gasteiger partial charge in [0.15, 0.2) is 9.84 Å². The van der Waals surface area contributed by atoms with Crippen LogP contribution in [0.3, 0.4) is 0 Å². The van der Waals surface area contributed by atoms with E-state index in [-0.39, 0.29) is 23.5 Å². The van der Waals surface area contributed by atoms with Crippen LogP contribution in [0.25, 0.3) is 0 Å². The molecule has 1 aromatic carbocycles. The summed E-state index contributed by atoms with van der Waals surface area (Å²) >= 11 is 6.04. The Bertz CT molecular complexity index is 676. The van der Waals surface area contributed by atoms with Gasteiger partial charge >= 0.3 is 0 Å². The first-order chi connectivity index (χ1) is 10.8. The molecule has 0 radical (unpaired) electrons. The van der Waals surface area contributed by atoms with Crippen molar-refractivity contribution >= 4 is 33.0 Å². The van der Waals surface area contributed by atoms with Gasteiger partial charge in [0.1, 0.15) is 0 Å². The fourth-order valence-corrected chi connectivity index (χ4v) is 4.74. The maximum absolute atomic E-state index is 12.1. The zero-order chi connectivity index (χ0) is 17.0. The Hall–Kier alpha value is -1.11. The van der Waals surface area contributed by atoms with Gasteiger partial charge in [0.05, 0.1) is 11.5 Å². The molecule has 0 bridgehead atoms. The SMILES string of the molecule is CCN(CCC(=O)Nc1ccc(C)c(Cl)c1)C1CCS(=O)(=O)C1. The summed E-state index contributed by atoms with van der Waals surface area (Å²) in [5.41, 5.74) is 1.64. The Morgan fingerprint density at radius 3 is 2.74 bits per heavy atom. The van der Waals surface area contributed by atoms with Gasteiger partial charge in [0, 0.05) is 29.7 Å². The van der Waals surface area contributed by atoms with Crippen molar-refractivity contribution in [1.29, 1.82) is 0 Å². The number of aryl methyl sites for hydroxylation is 1. The van der Waals surface area contributed by atoms with Gasteiger partial charge < -0.3 is 5.32 Å². The monoisotopic (exact) mass is 358 g/mol. The molecule has 1 aliphatic rings. The molecule has 1 N–H and O–H groups in total. The lowest BCUT2D eigenvalue weighted by Gasteiger charge is -2.26. The van der Waals surface area contributed by atoms with Crippen LogP contribution in [0.15, 0.2) is 18.2 Å². The number of benzene rings is 1. The summed E-state index contributed by atoms with van der Waals surface area (Å²) < 4.78 is 23.2. The van der Waals surface area contributed by atoms with Gasteiger partial charge in [-0.05, 0) is 37.6 Å². The van der Waals surface area contributed by atoms with E-state index in [1.54, 1.807) is 6.07 Å². The van der Waals surface area contributed by atoms with E-state index >= 15 is 0 Å². The zero-order valence-corrected chi connectivity index (χ0v) is 15.1. The first kappa shape index (κ1) is 18.2. The third-order valence-corrected chi connectivity index (χ3v) is 6.37. The smallest absolute Gasteiger partial charge is 0.225 e. The third kappa shape index (κ3) is 5.19. The van der Waals surface area contributed by atoms with E-state index in [1.165, 1.54) is 0 Å². The molecule has 1 atom stereocenters. The number of nitrogens with one attached hydrogen (secondary N) is 1. The van der Waals surface area contributed by atoms with E-state index in [2.05, 4.69) is 10.2 Å². The van der Waals surface area contributed by atoms with E-state index in [0.717, 1.165) is 12.1 Å². The number of anilines is 1. The van der Waals surface area contributed by atoms with Crippen LogP contribution < -0.4 is 5.32 Å². The standard InChI is InChI=1S/C16H23ClN2O3S/c1-3-19(14-7-9-23(21,22)11-14)8-6-16(20)18-13-5-4-12(2)15(17)10-13/h4-5,10,14H,3,6-9,11H2,1-2H3,(H,18,20). The van der Waals surface area contributed by atoms with Crippen LogP contribution in [-0.4, -0.2) is 49.9 Å². The number of nitrogens with zero attached hydrogens (tertiary/aromatic N) is 1. The largest absolute Gasteiger partial charge is 0.326 e. The number of amides is 1. The third-order valence-electron chi connectivity index (χ3n) is 4.21. The Morgan fingerprint density at radius 2 is 2.17 bits per heavy atom. The van der Waals surface area contributed by atoms with Crippen molar-refractivity contribution in [3.05, 3.63) is 28.8 Å². The van der Waals surface area contributed by atoms with Crippen LogP contribution in [0.1, 0.15) is 25.3 Å². The quantitative estimate of drug-likeness (QED) is 0.848. The fraction of sp³-hybridized carbons (Fsp3) is 0.562. The molecule has 0 spiro atoms. The van der Waals surface area contributed by atoms with Gasteiger partial charge in [0.2, 0.25) is 5.91 Å². The molecule has 1 amide bonds. The second-order valence-corrected chi connectivity index (χ2v) is 8.58. The number of hydrogen-bond donors (Lipinski definition) is 1. The lowest BCUT2D eigenvalue weighted by atomic mass is 10.2. The maximum Gasteiger partial charge on any atom is 0.225 e. The zero-order valence-electron chi connectivity index (χ0n) is 13.5. The Morgan fingerprint density at radius 1 is 1.43 bits per heavy atom. The lowest BCUT2D eigenvalue weighted by molar-refractivity contribution is -0.116. The first-order valence-electron chi connectivity index (χ1n) is 7.81. The molecular formula is C16H23ClN2O3S. The van der Waals surface area contributed by atoms with Gasteiger partial charge in [-0.3, -0.25) is 9.69 Å². The molecule has 1 saturated heterocycles. The number of sulfone groups is 1. The number of hydrogen-bond acceptors (Lipinski definition) is 4. The first-order valence-corrected chi connectivity index (χ1v) is 10.0. The van der Waals surface area contributed by atoms with Crippen LogP contribution >= 0.6 is 11.6 Å². The molecule has 7 heteroatoms. The molecule has 0 aliphatic carbocycles. The van der Waals surface area contributed by atoms with Crippen LogP contribution in [0.2, 0.25) is 5.02 Å². The highest BCUT2D eigenvalue weighted by Gasteiger charge is 2.31. The van der Waals surface area contributed by atoms with Gasteiger partial charge in [-0.1, -0.05) is 24.6 Å². The highest BCUT2D eigenvalue weighted by atomic mass is 35.5. The normalized spacial score (nSPS) is 19.9. The molecule has 0 aromatic heterocycles. The van der Waals surface area contributed by atoms with Crippen molar-refractivity contribution in [2.75, 3.05) is 29.9 Å². The summed E-state index contributed by atoms with van der Waals surface area (Å²) in [6, 6.07) is 5.45. The molecule has 1 fully saturated rings. The number of carbonyl (C=O) groups is 1. The molecule has 1 unspecified atom stereocenters. The highest BCUT2D eigenvalue weighted by Crippen LogP contribution is 2.20. The minimum atomic E-state index is -2.90. The highest BCUT2D eigenvalue weighted by molar-refractivity contribution is 7.91. The summed E-state index contributed by atoms with van der Waals surface area (Å²) in [6.45, 7) is 5.19. The summed E-state index contributed by atoms with van der Waals surface area (Å²) in [6.07, 6.45) is 0.987. The molecule has 5 nitrogen and oxygen atoms in total. The van der Waals surface area contributed by atoms with Gasteiger partial charge in [-0.15, -0.1) is 0 Å². The number of carbonyl (C=O) groups excluding carboxylic acids is 1. The molecule has 1 aliphatic heterocycles. The molecule has 1 heterocycles. The second-order valence-electron chi connectivity index (χ2n) is 5.95. The van der Waals surface area contributed by atoms with Gasteiger partial charge in [-0.2, -0.15) is 0 Å². The van der Waals surface area contributed by atoms with E-state index in [0.29, 0.717) is 30.1 Å². The molecule has 1 aromatic rings. The summed E-state index contributed by atoms with van der Waals surface area (Å²) in [5.74, 6) is 0.363. The molecule has 0 saturated carbocycles. The Kier molecular flexibility index (Phi) is 6.06. The van der Waals surface area contributed by atoms with Crippen molar-refractivity contribution in [2.24, 2.45) is 0 Å². The van der Waals surface area contributed by atoms with Crippen molar-refractivity contribution in [1.82, 2.24) is 4.90 Å². The van der Waals surface area contributed by atoms with Crippen molar-refractivity contribution in [3.63, 3.8) is 0 Å². The predicted octanol–water partition coefficient (Wildman–Crippen LogP) is 2.49. The number of halogens is 1. The van der Waals surface area contributed by atoms with Crippen LogP contribution in [0.4, 0.5) is 5.69 Å².